The van der Waals surface area contributed by atoms with Gasteiger partial charge in [0, 0.05) is 37.4 Å². The second-order valence-corrected chi connectivity index (χ2v) is 9.48. The van der Waals surface area contributed by atoms with Crippen molar-refractivity contribution in [3.05, 3.63) is 107 Å². The quantitative estimate of drug-likeness (QED) is 0.484. The first kappa shape index (κ1) is 22.9. The zero-order valence-corrected chi connectivity index (χ0v) is 20.0. The number of amides is 3. The molecule has 0 atom stereocenters. The predicted octanol–water partition coefficient (Wildman–Crippen LogP) is 4.89. The van der Waals surface area contributed by atoms with Crippen LogP contribution in [0.5, 0.6) is 0 Å². The molecule has 0 bridgehead atoms. The minimum absolute atomic E-state index is 0.00689. The molecule has 0 aromatic heterocycles. The van der Waals surface area contributed by atoms with Crippen molar-refractivity contribution in [3.8, 4) is 0 Å². The van der Waals surface area contributed by atoms with Crippen LogP contribution in [0.25, 0.3) is 6.08 Å². The highest BCUT2D eigenvalue weighted by Gasteiger charge is 2.35. The van der Waals surface area contributed by atoms with Crippen molar-refractivity contribution < 1.29 is 14.4 Å². The molecule has 0 aliphatic carbocycles. The lowest BCUT2D eigenvalue weighted by Gasteiger charge is -2.36. The lowest BCUT2D eigenvalue weighted by atomic mass is 10.1. The van der Waals surface area contributed by atoms with Crippen LogP contribution < -0.4 is 4.90 Å². The summed E-state index contributed by atoms with van der Waals surface area (Å²) in [5.41, 5.74) is 3.48. The molecule has 0 radical (unpaired) electrons. The van der Waals surface area contributed by atoms with Crippen molar-refractivity contribution in [2.75, 3.05) is 31.1 Å². The predicted molar refractivity (Wildman–Crippen MR) is 139 cm³/mol. The Hall–Kier alpha value is -3.84. The second-order valence-electron chi connectivity index (χ2n) is 8.49. The molecule has 2 aliphatic rings. The van der Waals surface area contributed by atoms with Gasteiger partial charge >= 0.3 is 0 Å². The number of nitrogens with zero attached hydrogens (tertiary/aromatic N) is 3. The lowest BCUT2D eigenvalue weighted by Crippen LogP contribution is -2.48. The number of hydrogen-bond donors (Lipinski definition) is 0. The Morgan fingerprint density at radius 2 is 1.43 bits per heavy atom. The molecule has 5 rings (SSSR count). The smallest absolute Gasteiger partial charge is 0.293 e. The first-order chi connectivity index (χ1) is 17.1. The summed E-state index contributed by atoms with van der Waals surface area (Å²) in [7, 11) is 0. The van der Waals surface area contributed by atoms with Crippen molar-refractivity contribution in [1.29, 1.82) is 0 Å². The number of imide groups is 1. The maximum absolute atomic E-state index is 13.0. The molecule has 7 heteroatoms. The van der Waals surface area contributed by atoms with Crippen LogP contribution in [0.3, 0.4) is 0 Å². The average Bonchev–Trinajstić information content (AvgIpc) is 3.17. The number of thioether (sulfide) groups is 1. The van der Waals surface area contributed by atoms with Gasteiger partial charge in [-0.15, -0.1) is 0 Å². The van der Waals surface area contributed by atoms with Gasteiger partial charge in [0.1, 0.15) is 0 Å². The largest absolute Gasteiger partial charge is 0.368 e. The molecule has 2 saturated heterocycles. The summed E-state index contributed by atoms with van der Waals surface area (Å²) in [6, 6.07) is 26.9. The first-order valence-electron chi connectivity index (χ1n) is 11.6. The van der Waals surface area contributed by atoms with Crippen molar-refractivity contribution in [2.45, 2.75) is 6.54 Å². The fraction of sp³-hybridized carbons (Fsp3) is 0.179. The third-order valence-corrected chi connectivity index (χ3v) is 7.11. The fourth-order valence-corrected chi connectivity index (χ4v) is 5.10. The highest BCUT2D eigenvalue weighted by Crippen LogP contribution is 2.33. The molecule has 2 fully saturated rings. The number of rotatable bonds is 5. The van der Waals surface area contributed by atoms with Gasteiger partial charge in [0.2, 0.25) is 0 Å². The molecular formula is C28H25N3O3S. The Morgan fingerprint density at radius 3 is 2.09 bits per heavy atom. The van der Waals surface area contributed by atoms with Crippen LogP contribution in [0.2, 0.25) is 0 Å². The van der Waals surface area contributed by atoms with E-state index in [1.54, 1.807) is 18.2 Å². The Labute approximate surface area is 208 Å². The number of carbonyl (C=O) groups excluding carboxylic acids is 3. The minimum Gasteiger partial charge on any atom is -0.368 e. The molecule has 176 valence electrons. The molecule has 35 heavy (non-hydrogen) atoms. The summed E-state index contributed by atoms with van der Waals surface area (Å²) in [6.07, 6.45) is 1.71. The summed E-state index contributed by atoms with van der Waals surface area (Å²) < 4.78 is 0. The van der Waals surface area contributed by atoms with Gasteiger partial charge in [0.15, 0.2) is 0 Å². The van der Waals surface area contributed by atoms with Crippen LogP contribution >= 0.6 is 11.8 Å². The summed E-state index contributed by atoms with van der Waals surface area (Å²) in [4.78, 5) is 44.0. The van der Waals surface area contributed by atoms with Crippen LogP contribution in [-0.2, 0) is 11.3 Å². The SMILES string of the molecule is O=C(c1ccc(/C=C2\SC(=O)N(Cc3ccccc3)C2=O)cc1)N1CCN(c2ccccc2)CC1. The van der Waals surface area contributed by atoms with Crippen molar-refractivity contribution >= 4 is 40.6 Å². The number of anilines is 1. The van der Waals surface area contributed by atoms with E-state index in [-0.39, 0.29) is 23.6 Å². The zero-order valence-electron chi connectivity index (χ0n) is 19.2. The van der Waals surface area contributed by atoms with E-state index in [9.17, 15) is 14.4 Å². The van der Waals surface area contributed by atoms with E-state index in [0.29, 0.717) is 23.6 Å². The summed E-state index contributed by atoms with van der Waals surface area (Å²) in [6.45, 7) is 3.20. The van der Waals surface area contributed by atoms with E-state index in [1.165, 1.54) is 10.6 Å². The molecule has 2 heterocycles. The molecular weight excluding hydrogens is 458 g/mol. The lowest BCUT2D eigenvalue weighted by molar-refractivity contribution is -0.123. The maximum Gasteiger partial charge on any atom is 0.293 e. The van der Waals surface area contributed by atoms with Gasteiger partial charge in [0.25, 0.3) is 17.1 Å². The van der Waals surface area contributed by atoms with Crippen LogP contribution in [0.4, 0.5) is 10.5 Å². The molecule has 0 N–H and O–H groups in total. The number of carbonyl (C=O) groups is 3. The molecule has 0 unspecified atom stereocenters. The van der Waals surface area contributed by atoms with Crippen LogP contribution in [0.1, 0.15) is 21.5 Å². The Kier molecular flexibility index (Phi) is 6.68. The van der Waals surface area contributed by atoms with E-state index >= 15 is 0 Å². The average molecular weight is 484 g/mol. The van der Waals surface area contributed by atoms with Gasteiger partial charge in [-0.1, -0.05) is 60.7 Å². The monoisotopic (exact) mass is 483 g/mol. The molecule has 0 spiro atoms. The van der Waals surface area contributed by atoms with Gasteiger partial charge < -0.3 is 9.80 Å². The van der Waals surface area contributed by atoms with Gasteiger partial charge in [-0.3, -0.25) is 19.3 Å². The number of piperazine rings is 1. The van der Waals surface area contributed by atoms with Crippen LogP contribution in [0.15, 0.2) is 89.8 Å². The van der Waals surface area contributed by atoms with E-state index in [2.05, 4.69) is 17.0 Å². The van der Waals surface area contributed by atoms with Crippen molar-refractivity contribution in [3.63, 3.8) is 0 Å². The van der Waals surface area contributed by atoms with Gasteiger partial charge in [0.05, 0.1) is 11.4 Å². The van der Waals surface area contributed by atoms with Gasteiger partial charge in [-0.2, -0.15) is 0 Å². The van der Waals surface area contributed by atoms with E-state index < -0.39 is 0 Å². The van der Waals surface area contributed by atoms with Gasteiger partial charge in [-0.25, -0.2) is 0 Å². The summed E-state index contributed by atoms with van der Waals surface area (Å²) in [5.74, 6) is -0.285. The highest BCUT2D eigenvalue weighted by atomic mass is 32.2. The Bertz CT molecular complexity index is 1250. The maximum atomic E-state index is 13.0. The van der Waals surface area contributed by atoms with E-state index in [1.807, 2.05) is 65.6 Å². The Balaban J connectivity index is 1.21. The number of para-hydroxylation sites is 1. The number of hydrogen-bond acceptors (Lipinski definition) is 5. The number of benzene rings is 3. The normalized spacial score (nSPS) is 17.4. The van der Waals surface area contributed by atoms with E-state index in [0.717, 1.165) is 36.0 Å². The molecule has 6 nitrogen and oxygen atoms in total. The van der Waals surface area contributed by atoms with Crippen molar-refractivity contribution in [1.82, 2.24) is 9.80 Å². The van der Waals surface area contributed by atoms with Crippen LogP contribution in [-0.4, -0.2) is 53.0 Å². The van der Waals surface area contributed by atoms with Crippen molar-refractivity contribution in [2.24, 2.45) is 0 Å². The molecule has 2 aliphatic heterocycles. The highest BCUT2D eigenvalue weighted by molar-refractivity contribution is 8.18. The summed E-state index contributed by atoms with van der Waals surface area (Å²) >= 11 is 0.946. The molecule has 3 aromatic carbocycles. The van der Waals surface area contributed by atoms with Crippen LogP contribution in [0, 0.1) is 0 Å². The van der Waals surface area contributed by atoms with E-state index in [4.69, 9.17) is 0 Å². The Morgan fingerprint density at radius 1 is 0.800 bits per heavy atom. The first-order valence-corrected chi connectivity index (χ1v) is 12.4. The topological polar surface area (TPSA) is 60.9 Å². The molecule has 0 saturated carbocycles. The third-order valence-electron chi connectivity index (χ3n) is 6.20. The van der Waals surface area contributed by atoms with Gasteiger partial charge in [-0.05, 0) is 53.2 Å². The standard InChI is InChI=1S/C28H25N3O3S/c32-26(30-17-15-29(16-18-30)24-9-5-2-6-10-24)23-13-11-21(12-14-23)19-25-27(33)31(28(34)35-25)20-22-7-3-1-4-8-22/h1-14,19H,15-18,20H2/b25-19-. The second kappa shape index (κ2) is 10.2. The molecule has 3 aromatic rings. The zero-order chi connectivity index (χ0) is 24.2. The minimum atomic E-state index is -0.291. The molecule has 3 amide bonds. The fourth-order valence-electron chi connectivity index (χ4n) is 4.26. The summed E-state index contributed by atoms with van der Waals surface area (Å²) in [5, 5.41) is -0.272. The third kappa shape index (κ3) is 5.15.